The number of carbonyl (C=O) groups is 2. The van der Waals surface area contributed by atoms with Gasteiger partial charge >= 0.3 is 0 Å². The molecule has 32 heavy (non-hydrogen) atoms. The lowest BCUT2D eigenvalue weighted by atomic mass is 9.85. The predicted molar refractivity (Wildman–Crippen MR) is 131 cm³/mol. The Morgan fingerprint density at radius 3 is 2.34 bits per heavy atom. The third kappa shape index (κ3) is 6.49. The highest BCUT2D eigenvalue weighted by molar-refractivity contribution is 6.30. The third-order valence-corrected chi connectivity index (χ3v) is 6.86. The van der Waals surface area contributed by atoms with Crippen molar-refractivity contribution in [2.45, 2.75) is 58.0 Å². The minimum absolute atomic E-state index is 0.121. The minimum atomic E-state index is -0.752. The van der Waals surface area contributed by atoms with E-state index >= 15 is 0 Å². The average molecular weight is 475 g/mol. The SMILES string of the molecule is Cc1ccc(CCN(C(=O)CCl)[C@H](C(=O)N[C@H]2CCCC[C@@H]2C)c2ccc(Cl)cc2)cc1. The molecule has 1 N–H and O–H groups in total. The first-order valence-electron chi connectivity index (χ1n) is 11.4. The van der Waals surface area contributed by atoms with E-state index in [2.05, 4.69) is 36.5 Å². The Morgan fingerprint density at radius 2 is 1.72 bits per heavy atom. The Labute approximate surface area is 201 Å². The molecule has 0 unspecified atom stereocenters. The van der Waals surface area contributed by atoms with Crippen molar-refractivity contribution < 1.29 is 9.59 Å². The number of amides is 2. The zero-order valence-corrected chi connectivity index (χ0v) is 20.3. The standard InChI is InChI=1S/C26H32Cl2N2O2/c1-18-7-9-20(10-8-18)15-16-30(24(31)17-27)25(21-11-13-22(28)14-12-21)26(32)29-23-6-4-3-5-19(23)2/h7-14,19,23,25H,3-6,15-17H2,1-2H3,(H,29,32)/t19-,23-,25-/m0/s1. The number of nitrogens with one attached hydrogen (secondary N) is 1. The van der Waals surface area contributed by atoms with Crippen LogP contribution in [0.5, 0.6) is 0 Å². The first-order chi connectivity index (χ1) is 15.4. The molecule has 1 fully saturated rings. The fraction of sp³-hybridized carbons (Fsp3) is 0.462. The first kappa shape index (κ1) is 24.6. The molecule has 4 nitrogen and oxygen atoms in total. The van der Waals surface area contributed by atoms with E-state index in [1.807, 2.05) is 19.1 Å². The van der Waals surface area contributed by atoms with Gasteiger partial charge in [-0.3, -0.25) is 9.59 Å². The summed E-state index contributed by atoms with van der Waals surface area (Å²) in [5, 5.41) is 3.82. The van der Waals surface area contributed by atoms with Crippen molar-refractivity contribution >= 4 is 35.0 Å². The zero-order chi connectivity index (χ0) is 23.1. The maximum Gasteiger partial charge on any atom is 0.247 e. The van der Waals surface area contributed by atoms with Crippen LogP contribution in [0, 0.1) is 12.8 Å². The molecule has 0 bridgehead atoms. The molecule has 3 rings (SSSR count). The van der Waals surface area contributed by atoms with E-state index in [0.29, 0.717) is 23.9 Å². The molecule has 2 aromatic rings. The molecule has 0 radical (unpaired) electrons. The van der Waals surface area contributed by atoms with E-state index < -0.39 is 6.04 Å². The first-order valence-corrected chi connectivity index (χ1v) is 12.3. The van der Waals surface area contributed by atoms with E-state index in [9.17, 15) is 9.59 Å². The molecule has 1 aliphatic carbocycles. The van der Waals surface area contributed by atoms with Crippen LogP contribution in [0.15, 0.2) is 48.5 Å². The molecule has 0 aliphatic heterocycles. The van der Waals surface area contributed by atoms with E-state index in [1.54, 1.807) is 17.0 Å². The summed E-state index contributed by atoms with van der Waals surface area (Å²) in [5.74, 6) is -0.173. The molecule has 0 heterocycles. The number of benzene rings is 2. The molecule has 172 valence electrons. The molecular formula is C26H32Cl2N2O2. The van der Waals surface area contributed by atoms with E-state index in [0.717, 1.165) is 30.4 Å². The zero-order valence-electron chi connectivity index (χ0n) is 18.8. The van der Waals surface area contributed by atoms with Gasteiger partial charge in [-0.1, -0.05) is 73.3 Å². The van der Waals surface area contributed by atoms with Crippen LogP contribution in [0.4, 0.5) is 0 Å². The lowest BCUT2D eigenvalue weighted by molar-refractivity contribution is -0.139. The summed E-state index contributed by atoms with van der Waals surface area (Å²) in [7, 11) is 0. The Hall–Kier alpha value is -2.04. The normalized spacial score (nSPS) is 19.2. The number of carbonyl (C=O) groups excluding carboxylic acids is 2. The van der Waals surface area contributed by atoms with Gasteiger partial charge in [0.05, 0.1) is 0 Å². The molecule has 6 heteroatoms. The summed E-state index contributed by atoms with van der Waals surface area (Å²) < 4.78 is 0. The monoisotopic (exact) mass is 474 g/mol. The van der Waals surface area contributed by atoms with Crippen LogP contribution in [0.3, 0.4) is 0 Å². The van der Waals surface area contributed by atoms with Gasteiger partial charge in [0, 0.05) is 17.6 Å². The van der Waals surface area contributed by atoms with Crippen LogP contribution in [0.1, 0.15) is 55.3 Å². The number of alkyl halides is 1. The van der Waals surface area contributed by atoms with Gasteiger partial charge in [0.25, 0.3) is 0 Å². The highest BCUT2D eigenvalue weighted by Crippen LogP contribution is 2.28. The summed E-state index contributed by atoms with van der Waals surface area (Å²) in [6.45, 7) is 4.62. The number of halogens is 2. The summed E-state index contributed by atoms with van der Waals surface area (Å²) in [6.07, 6.45) is 5.02. The smallest absolute Gasteiger partial charge is 0.247 e. The molecule has 3 atom stereocenters. The largest absolute Gasteiger partial charge is 0.351 e. The Morgan fingerprint density at radius 1 is 1.06 bits per heavy atom. The van der Waals surface area contributed by atoms with Gasteiger partial charge < -0.3 is 10.2 Å². The average Bonchev–Trinajstić information content (AvgIpc) is 2.79. The van der Waals surface area contributed by atoms with Crippen LogP contribution in [0.2, 0.25) is 5.02 Å². The molecule has 0 spiro atoms. The van der Waals surface area contributed by atoms with Gasteiger partial charge in [-0.15, -0.1) is 11.6 Å². The van der Waals surface area contributed by atoms with Gasteiger partial charge in [0.1, 0.15) is 11.9 Å². The second-order valence-electron chi connectivity index (χ2n) is 8.79. The molecule has 0 saturated heterocycles. The highest BCUT2D eigenvalue weighted by Gasteiger charge is 2.33. The maximum atomic E-state index is 13.6. The van der Waals surface area contributed by atoms with Crippen molar-refractivity contribution in [2.24, 2.45) is 5.92 Å². The lowest BCUT2D eigenvalue weighted by Crippen LogP contribution is -2.49. The second kappa shape index (κ2) is 11.7. The Kier molecular flexibility index (Phi) is 9.01. The van der Waals surface area contributed by atoms with Gasteiger partial charge in [-0.25, -0.2) is 0 Å². The Bertz CT molecular complexity index is 899. The van der Waals surface area contributed by atoms with Crippen LogP contribution < -0.4 is 5.32 Å². The van der Waals surface area contributed by atoms with Crippen molar-refractivity contribution in [3.8, 4) is 0 Å². The summed E-state index contributed by atoms with van der Waals surface area (Å²) in [6, 6.07) is 14.7. The van der Waals surface area contributed by atoms with Crippen molar-refractivity contribution in [1.29, 1.82) is 0 Å². The molecule has 1 saturated carbocycles. The van der Waals surface area contributed by atoms with Gasteiger partial charge in [0.15, 0.2) is 0 Å². The second-order valence-corrected chi connectivity index (χ2v) is 9.49. The summed E-state index contributed by atoms with van der Waals surface area (Å²) >= 11 is 12.1. The van der Waals surface area contributed by atoms with Crippen LogP contribution in [-0.2, 0) is 16.0 Å². The van der Waals surface area contributed by atoms with Crippen LogP contribution in [-0.4, -0.2) is 35.2 Å². The lowest BCUT2D eigenvalue weighted by Gasteiger charge is -2.35. The van der Waals surface area contributed by atoms with Gasteiger partial charge in [0.2, 0.25) is 11.8 Å². The minimum Gasteiger partial charge on any atom is -0.351 e. The molecule has 2 amide bonds. The van der Waals surface area contributed by atoms with Crippen molar-refractivity contribution in [1.82, 2.24) is 10.2 Å². The maximum absolute atomic E-state index is 13.6. The number of hydrogen-bond acceptors (Lipinski definition) is 2. The summed E-state index contributed by atoms with van der Waals surface area (Å²) in [4.78, 5) is 28.1. The van der Waals surface area contributed by atoms with Crippen LogP contribution in [0.25, 0.3) is 0 Å². The van der Waals surface area contributed by atoms with E-state index in [1.165, 1.54) is 12.0 Å². The fourth-order valence-corrected chi connectivity index (χ4v) is 4.67. The number of hydrogen-bond donors (Lipinski definition) is 1. The fourth-order valence-electron chi connectivity index (χ4n) is 4.39. The molecule has 0 aromatic heterocycles. The Balaban J connectivity index is 1.87. The number of aryl methyl sites for hydroxylation is 1. The van der Waals surface area contributed by atoms with E-state index in [-0.39, 0.29) is 23.7 Å². The van der Waals surface area contributed by atoms with Crippen molar-refractivity contribution in [3.63, 3.8) is 0 Å². The topological polar surface area (TPSA) is 49.4 Å². The third-order valence-electron chi connectivity index (χ3n) is 6.38. The quantitative estimate of drug-likeness (QED) is 0.499. The predicted octanol–water partition coefficient (Wildman–Crippen LogP) is 5.69. The van der Waals surface area contributed by atoms with Gasteiger partial charge in [-0.2, -0.15) is 0 Å². The summed E-state index contributed by atoms with van der Waals surface area (Å²) in [5.41, 5.74) is 3.03. The van der Waals surface area contributed by atoms with E-state index in [4.69, 9.17) is 23.2 Å². The van der Waals surface area contributed by atoms with Gasteiger partial charge in [-0.05, 0) is 55.4 Å². The van der Waals surface area contributed by atoms with Crippen molar-refractivity contribution in [3.05, 3.63) is 70.2 Å². The molecule has 2 aromatic carbocycles. The molecule has 1 aliphatic rings. The van der Waals surface area contributed by atoms with Crippen molar-refractivity contribution in [2.75, 3.05) is 12.4 Å². The number of rotatable bonds is 8. The highest BCUT2D eigenvalue weighted by atomic mass is 35.5. The number of nitrogens with zero attached hydrogens (tertiary/aromatic N) is 1. The molecular weight excluding hydrogens is 443 g/mol. The van der Waals surface area contributed by atoms with Crippen LogP contribution >= 0.6 is 23.2 Å².